The Morgan fingerprint density at radius 3 is 3.08 bits per heavy atom. The van der Waals surface area contributed by atoms with E-state index in [-0.39, 0.29) is 12.0 Å². The topological polar surface area (TPSA) is 48.6 Å². The average Bonchev–Trinajstić information content (AvgIpc) is 2.98. The molecule has 128 valence electrons. The third-order valence-electron chi connectivity index (χ3n) is 5.46. The first-order valence-corrected chi connectivity index (χ1v) is 8.95. The standard InChI is InChI=1S/C19H25N3O2/c1-2-21-9-10-24-18-13-22(8-6-16(18)12-21)19(23)15-3-4-17-14(11-15)5-7-20-17/h3-5,7,11,16,18,20H,2,6,8-10,12-13H2,1H3/t16-,18-/m0/s1. The molecule has 4 rings (SSSR count). The SMILES string of the molecule is CCN1CCO[C@H]2CN(C(=O)c3ccc4[nH]ccc4c3)CC[C@H]2C1. The van der Waals surface area contributed by atoms with Gasteiger partial charge in [-0.2, -0.15) is 0 Å². The van der Waals surface area contributed by atoms with Crippen LogP contribution in [0.2, 0.25) is 0 Å². The maximum absolute atomic E-state index is 12.9. The largest absolute Gasteiger partial charge is 0.375 e. The van der Waals surface area contributed by atoms with Gasteiger partial charge >= 0.3 is 0 Å². The molecule has 1 aromatic heterocycles. The van der Waals surface area contributed by atoms with Gasteiger partial charge in [0.25, 0.3) is 5.91 Å². The normalized spacial score (nSPS) is 25.5. The lowest BCUT2D eigenvalue weighted by Gasteiger charge is -2.38. The Morgan fingerprint density at radius 2 is 2.21 bits per heavy atom. The summed E-state index contributed by atoms with van der Waals surface area (Å²) in [6.07, 6.45) is 3.11. The lowest BCUT2D eigenvalue weighted by molar-refractivity contribution is -0.0170. The summed E-state index contributed by atoms with van der Waals surface area (Å²) in [5.74, 6) is 0.667. The number of nitrogens with zero attached hydrogens (tertiary/aromatic N) is 2. The van der Waals surface area contributed by atoms with Gasteiger partial charge in [0.2, 0.25) is 0 Å². The molecule has 1 aromatic carbocycles. The Kier molecular flexibility index (Phi) is 4.29. The van der Waals surface area contributed by atoms with Crippen LogP contribution in [-0.2, 0) is 4.74 Å². The predicted molar refractivity (Wildman–Crippen MR) is 94.2 cm³/mol. The van der Waals surface area contributed by atoms with Gasteiger partial charge in [0, 0.05) is 54.8 Å². The fraction of sp³-hybridized carbons (Fsp3) is 0.526. The summed E-state index contributed by atoms with van der Waals surface area (Å²) in [6.45, 7) is 7.69. The molecule has 2 aliphatic rings. The van der Waals surface area contributed by atoms with E-state index in [1.54, 1.807) is 0 Å². The van der Waals surface area contributed by atoms with Gasteiger partial charge in [-0.05, 0) is 37.2 Å². The third-order valence-corrected chi connectivity index (χ3v) is 5.46. The highest BCUT2D eigenvalue weighted by Crippen LogP contribution is 2.25. The first-order valence-electron chi connectivity index (χ1n) is 8.95. The number of carbonyl (C=O) groups excluding carboxylic acids is 1. The minimum Gasteiger partial charge on any atom is -0.375 e. The van der Waals surface area contributed by atoms with Gasteiger partial charge in [0.15, 0.2) is 0 Å². The molecular formula is C19H25N3O2. The first-order chi connectivity index (χ1) is 11.7. The molecule has 5 nitrogen and oxygen atoms in total. The number of hydrogen-bond acceptors (Lipinski definition) is 3. The fourth-order valence-corrected chi connectivity index (χ4v) is 3.96. The van der Waals surface area contributed by atoms with Crippen LogP contribution >= 0.6 is 0 Å². The van der Waals surface area contributed by atoms with Crippen LogP contribution in [-0.4, -0.2) is 66.1 Å². The highest BCUT2D eigenvalue weighted by molar-refractivity contribution is 5.98. The van der Waals surface area contributed by atoms with Gasteiger partial charge in [-0.25, -0.2) is 0 Å². The monoisotopic (exact) mass is 327 g/mol. The van der Waals surface area contributed by atoms with E-state index in [0.29, 0.717) is 12.5 Å². The molecule has 0 spiro atoms. The van der Waals surface area contributed by atoms with Crippen LogP contribution in [0.3, 0.4) is 0 Å². The van der Waals surface area contributed by atoms with Crippen LogP contribution in [0, 0.1) is 5.92 Å². The van der Waals surface area contributed by atoms with E-state index < -0.39 is 0 Å². The number of rotatable bonds is 2. The van der Waals surface area contributed by atoms with E-state index in [4.69, 9.17) is 4.74 Å². The number of H-pyrrole nitrogens is 1. The van der Waals surface area contributed by atoms with Crippen molar-refractivity contribution in [1.82, 2.24) is 14.8 Å². The summed E-state index contributed by atoms with van der Waals surface area (Å²) in [5, 5.41) is 1.08. The smallest absolute Gasteiger partial charge is 0.253 e. The quantitative estimate of drug-likeness (QED) is 0.921. The molecular weight excluding hydrogens is 302 g/mol. The maximum atomic E-state index is 12.9. The Bertz CT molecular complexity index is 726. The molecule has 2 fully saturated rings. The van der Waals surface area contributed by atoms with Gasteiger partial charge < -0.3 is 19.5 Å². The van der Waals surface area contributed by atoms with Crippen LogP contribution in [0.15, 0.2) is 30.5 Å². The van der Waals surface area contributed by atoms with Crippen molar-refractivity contribution in [2.75, 3.05) is 39.3 Å². The van der Waals surface area contributed by atoms with Crippen molar-refractivity contribution in [3.8, 4) is 0 Å². The number of aromatic amines is 1. The molecule has 0 saturated carbocycles. The van der Waals surface area contributed by atoms with Crippen LogP contribution in [0.4, 0.5) is 0 Å². The predicted octanol–water partition coefficient (Wildman–Crippen LogP) is 2.35. The number of ether oxygens (including phenoxy) is 1. The number of likely N-dealkylation sites (N-methyl/N-ethyl adjacent to an activating group) is 1. The molecule has 24 heavy (non-hydrogen) atoms. The van der Waals surface area contributed by atoms with Gasteiger partial charge in [0.05, 0.1) is 12.7 Å². The molecule has 0 unspecified atom stereocenters. The second kappa shape index (κ2) is 6.57. The summed E-state index contributed by atoms with van der Waals surface area (Å²) < 4.78 is 6.07. The number of fused-ring (bicyclic) bond motifs is 2. The molecule has 3 heterocycles. The van der Waals surface area contributed by atoms with Crippen LogP contribution < -0.4 is 0 Å². The molecule has 0 aliphatic carbocycles. The number of aromatic nitrogens is 1. The van der Waals surface area contributed by atoms with Crippen LogP contribution in [0.1, 0.15) is 23.7 Å². The number of piperidine rings is 1. The zero-order chi connectivity index (χ0) is 16.5. The highest BCUT2D eigenvalue weighted by atomic mass is 16.5. The second-order valence-corrected chi connectivity index (χ2v) is 6.88. The second-order valence-electron chi connectivity index (χ2n) is 6.88. The summed E-state index contributed by atoms with van der Waals surface area (Å²) in [6, 6.07) is 7.88. The van der Waals surface area contributed by atoms with E-state index in [1.165, 1.54) is 0 Å². The fourth-order valence-electron chi connectivity index (χ4n) is 3.96. The maximum Gasteiger partial charge on any atom is 0.253 e. The van der Waals surface area contributed by atoms with Crippen molar-refractivity contribution < 1.29 is 9.53 Å². The molecule has 2 aromatic rings. The van der Waals surface area contributed by atoms with Crippen molar-refractivity contribution in [2.45, 2.75) is 19.4 Å². The first kappa shape index (κ1) is 15.7. The Hall–Kier alpha value is -1.85. The third kappa shape index (κ3) is 2.94. The number of carbonyl (C=O) groups is 1. The minimum absolute atomic E-state index is 0.122. The van der Waals surface area contributed by atoms with Crippen LogP contribution in [0.5, 0.6) is 0 Å². The zero-order valence-corrected chi connectivity index (χ0v) is 14.2. The molecule has 0 bridgehead atoms. The van der Waals surface area contributed by atoms with E-state index in [2.05, 4.69) is 16.8 Å². The summed E-state index contributed by atoms with van der Waals surface area (Å²) in [7, 11) is 0. The van der Waals surface area contributed by atoms with Crippen molar-refractivity contribution in [2.24, 2.45) is 5.92 Å². The van der Waals surface area contributed by atoms with Gasteiger partial charge in [-0.3, -0.25) is 4.79 Å². The molecule has 0 radical (unpaired) electrons. The average molecular weight is 327 g/mol. The number of benzene rings is 1. The van der Waals surface area contributed by atoms with E-state index in [1.807, 2.05) is 35.4 Å². The van der Waals surface area contributed by atoms with E-state index in [9.17, 15) is 4.79 Å². The van der Waals surface area contributed by atoms with Gasteiger partial charge in [-0.15, -0.1) is 0 Å². The Morgan fingerprint density at radius 1 is 1.29 bits per heavy atom. The number of nitrogens with one attached hydrogen (secondary N) is 1. The van der Waals surface area contributed by atoms with Crippen molar-refractivity contribution in [1.29, 1.82) is 0 Å². The van der Waals surface area contributed by atoms with Crippen LogP contribution in [0.25, 0.3) is 10.9 Å². The lowest BCUT2D eigenvalue weighted by Crippen LogP contribution is -2.49. The van der Waals surface area contributed by atoms with Crippen molar-refractivity contribution in [3.05, 3.63) is 36.0 Å². The van der Waals surface area contributed by atoms with E-state index in [0.717, 1.165) is 55.7 Å². The summed E-state index contributed by atoms with van der Waals surface area (Å²) in [4.78, 5) is 20.5. The van der Waals surface area contributed by atoms with Crippen molar-refractivity contribution >= 4 is 16.8 Å². The van der Waals surface area contributed by atoms with E-state index >= 15 is 0 Å². The minimum atomic E-state index is 0.122. The molecule has 2 aliphatic heterocycles. The lowest BCUT2D eigenvalue weighted by atomic mass is 9.93. The van der Waals surface area contributed by atoms with Crippen molar-refractivity contribution in [3.63, 3.8) is 0 Å². The Labute approximate surface area is 142 Å². The number of likely N-dealkylation sites (tertiary alicyclic amines) is 1. The Balaban J connectivity index is 1.48. The zero-order valence-electron chi connectivity index (χ0n) is 14.2. The van der Waals surface area contributed by atoms with Gasteiger partial charge in [0.1, 0.15) is 0 Å². The highest BCUT2D eigenvalue weighted by Gasteiger charge is 2.34. The number of amides is 1. The number of hydrogen-bond donors (Lipinski definition) is 1. The molecule has 2 saturated heterocycles. The summed E-state index contributed by atoms with van der Waals surface area (Å²) in [5.41, 5.74) is 1.83. The molecule has 5 heteroatoms. The summed E-state index contributed by atoms with van der Waals surface area (Å²) >= 11 is 0. The molecule has 1 amide bonds. The molecule has 1 N–H and O–H groups in total. The molecule has 2 atom stereocenters. The van der Waals surface area contributed by atoms with Gasteiger partial charge in [-0.1, -0.05) is 6.92 Å².